The molecule has 3 aromatic carbocycles. The van der Waals surface area contributed by atoms with Gasteiger partial charge in [0, 0.05) is 10.6 Å². The van der Waals surface area contributed by atoms with Crippen molar-refractivity contribution < 1.29 is 17.9 Å². The zero-order valence-corrected chi connectivity index (χ0v) is 16.7. The summed E-state index contributed by atoms with van der Waals surface area (Å²) >= 11 is 5.99. The van der Waals surface area contributed by atoms with E-state index in [1.807, 2.05) is 6.92 Å². The Hall–Kier alpha value is -2.83. The predicted octanol–water partition coefficient (Wildman–Crippen LogP) is 4.77. The molecule has 3 rings (SSSR count). The molecule has 0 aromatic heterocycles. The van der Waals surface area contributed by atoms with Gasteiger partial charge in [-0.05, 0) is 61.5 Å². The summed E-state index contributed by atoms with van der Waals surface area (Å²) in [6.07, 6.45) is 0. The quantitative estimate of drug-likeness (QED) is 0.581. The molecule has 0 radical (unpaired) electrons. The lowest BCUT2D eigenvalue weighted by atomic mass is 10.2. The first-order valence-corrected chi connectivity index (χ1v) is 10.4. The van der Waals surface area contributed by atoms with Crippen LogP contribution in [-0.2, 0) is 10.0 Å². The van der Waals surface area contributed by atoms with Gasteiger partial charge in [0.15, 0.2) is 0 Å². The summed E-state index contributed by atoms with van der Waals surface area (Å²) in [5.74, 6) is -0.117. The minimum atomic E-state index is -4.14. The molecule has 0 saturated heterocycles. The monoisotopic (exact) mass is 415 g/mol. The van der Waals surface area contributed by atoms with Crippen molar-refractivity contribution >= 4 is 33.2 Å². The van der Waals surface area contributed by atoms with Crippen LogP contribution in [0.2, 0.25) is 5.02 Å². The minimum absolute atomic E-state index is 0.0132. The number of halogens is 1. The van der Waals surface area contributed by atoms with Gasteiger partial charge < -0.3 is 4.74 Å². The number of hydrogen-bond donors (Lipinski definition) is 0. The van der Waals surface area contributed by atoms with Crippen LogP contribution in [0.15, 0.2) is 83.8 Å². The topological polar surface area (TPSA) is 63.7 Å². The Morgan fingerprint density at radius 2 is 1.64 bits per heavy atom. The molecule has 5 nitrogen and oxygen atoms in total. The Morgan fingerprint density at radius 1 is 0.964 bits per heavy atom. The summed E-state index contributed by atoms with van der Waals surface area (Å²) in [4.78, 5) is 13.2. The molecular formula is C21H18ClNO4S. The molecule has 0 aliphatic rings. The summed E-state index contributed by atoms with van der Waals surface area (Å²) < 4.78 is 32.8. The van der Waals surface area contributed by atoms with Crippen LogP contribution in [-0.4, -0.2) is 20.9 Å². The number of ether oxygens (including phenoxy) is 1. The number of carbonyl (C=O) groups excluding carboxylic acids is 1. The summed E-state index contributed by atoms with van der Waals surface area (Å²) in [5.41, 5.74) is 0.373. The first kappa shape index (κ1) is 19.9. The Morgan fingerprint density at radius 3 is 2.25 bits per heavy atom. The van der Waals surface area contributed by atoms with Crippen molar-refractivity contribution in [3.8, 4) is 5.75 Å². The molecule has 1 amide bonds. The Bertz CT molecular complexity index is 1070. The van der Waals surface area contributed by atoms with Crippen molar-refractivity contribution in [2.45, 2.75) is 11.8 Å². The average Bonchev–Trinajstić information content (AvgIpc) is 2.70. The second-order valence-electron chi connectivity index (χ2n) is 5.82. The number of hydrogen-bond acceptors (Lipinski definition) is 4. The highest BCUT2D eigenvalue weighted by molar-refractivity contribution is 7.93. The van der Waals surface area contributed by atoms with Crippen LogP contribution >= 0.6 is 11.6 Å². The molecular weight excluding hydrogens is 398 g/mol. The summed E-state index contributed by atoms with van der Waals surface area (Å²) in [6.45, 7) is 2.33. The molecule has 144 valence electrons. The maximum atomic E-state index is 13.3. The summed E-state index contributed by atoms with van der Waals surface area (Å²) in [5, 5.41) is 0.342. The number of benzene rings is 3. The molecule has 0 saturated carbocycles. The Balaban J connectivity index is 2.12. The third-order valence-corrected chi connectivity index (χ3v) is 5.88. The molecule has 3 aromatic rings. The predicted molar refractivity (Wildman–Crippen MR) is 110 cm³/mol. The van der Waals surface area contributed by atoms with Crippen LogP contribution in [0.4, 0.5) is 5.69 Å². The fourth-order valence-corrected chi connectivity index (χ4v) is 4.27. The fourth-order valence-electron chi connectivity index (χ4n) is 2.65. The van der Waals surface area contributed by atoms with E-state index in [4.69, 9.17) is 16.3 Å². The van der Waals surface area contributed by atoms with Gasteiger partial charge in [0.1, 0.15) is 5.75 Å². The summed E-state index contributed by atoms with van der Waals surface area (Å²) in [7, 11) is -4.14. The molecule has 0 N–H and O–H groups in total. The molecule has 0 aliphatic carbocycles. The van der Waals surface area contributed by atoms with Gasteiger partial charge in [-0.3, -0.25) is 4.79 Å². The van der Waals surface area contributed by atoms with Gasteiger partial charge in [-0.1, -0.05) is 35.9 Å². The van der Waals surface area contributed by atoms with E-state index in [9.17, 15) is 13.2 Å². The molecule has 0 aliphatic heterocycles. The zero-order chi connectivity index (χ0) is 20.1. The largest absolute Gasteiger partial charge is 0.494 e. The fraction of sp³-hybridized carbons (Fsp3) is 0.0952. The molecule has 28 heavy (non-hydrogen) atoms. The van der Waals surface area contributed by atoms with Gasteiger partial charge in [-0.15, -0.1) is 0 Å². The number of amides is 1. The molecule has 0 fully saturated rings. The average molecular weight is 416 g/mol. The van der Waals surface area contributed by atoms with Crippen LogP contribution < -0.4 is 9.04 Å². The lowest BCUT2D eigenvalue weighted by Gasteiger charge is -2.23. The molecule has 0 bridgehead atoms. The minimum Gasteiger partial charge on any atom is -0.494 e. The van der Waals surface area contributed by atoms with Gasteiger partial charge >= 0.3 is 0 Å². The molecule has 0 spiro atoms. The first-order chi connectivity index (χ1) is 13.4. The standard InChI is InChI=1S/C21H18ClNO4S/c1-2-27-19-13-11-18(12-14-19)23(21(24)16-7-6-8-17(22)15-16)28(25,26)20-9-4-3-5-10-20/h3-15H,2H2,1H3. The zero-order valence-electron chi connectivity index (χ0n) is 15.1. The highest BCUT2D eigenvalue weighted by Gasteiger charge is 2.31. The van der Waals surface area contributed by atoms with E-state index in [0.29, 0.717) is 17.4 Å². The number of nitrogens with zero attached hydrogens (tertiary/aromatic N) is 1. The molecule has 0 heterocycles. The van der Waals surface area contributed by atoms with Crippen LogP contribution in [0.5, 0.6) is 5.75 Å². The smallest absolute Gasteiger partial charge is 0.272 e. The van der Waals surface area contributed by atoms with Gasteiger partial charge in [-0.25, -0.2) is 8.42 Å². The number of sulfonamides is 1. The molecule has 0 unspecified atom stereocenters. The lowest BCUT2D eigenvalue weighted by Crippen LogP contribution is -2.37. The maximum Gasteiger partial charge on any atom is 0.272 e. The SMILES string of the molecule is CCOc1ccc(N(C(=O)c2cccc(Cl)c2)S(=O)(=O)c2ccccc2)cc1. The van der Waals surface area contributed by atoms with E-state index in [0.717, 1.165) is 4.31 Å². The van der Waals surface area contributed by atoms with Crippen molar-refractivity contribution in [2.24, 2.45) is 0 Å². The first-order valence-electron chi connectivity index (χ1n) is 8.56. The molecule has 0 atom stereocenters. The third kappa shape index (κ3) is 4.18. The van der Waals surface area contributed by atoms with Crippen LogP contribution in [0.1, 0.15) is 17.3 Å². The van der Waals surface area contributed by atoms with Gasteiger partial charge in [0.25, 0.3) is 15.9 Å². The normalized spacial score (nSPS) is 11.1. The van der Waals surface area contributed by atoms with Gasteiger partial charge in [0.2, 0.25) is 0 Å². The summed E-state index contributed by atoms with van der Waals surface area (Å²) in [6, 6.07) is 20.3. The number of rotatable bonds is 6. The van der Waals surface area contributed by atoms with E-state index < -0.39 is 15.9 Å². The Kier molecular flexibility index (Phi) is 6.02. The molecule has 7 heteroatoms. The highest BCUT2D eigenvalue weighted by Crippen LogP contribution is 2.28. The van der Waals surface area contributed by atoms with Crippen molar-refractivity contribution in [1.82, 2.24) is 0 Å². The van der Waals surface area contributed by atoms with Crippen LogP contribution in [0, 0.1) is 0 Å². The van der Waals surface area contributed by atoms with E-state index in [2.05, 4.69) is 0 Å². The van der Waals surface area contributed by atoms with Crippen molar-refractivity contribution in [2.75, 3.05) is 10.9 Å². The lowest BCUT2D eigenvalue weighted by molar-refractivity contribution is 0.101. The number of carbonyl (C=O) groups is 1. The van der Waals surface area contributed by atoms with Crippen LogP contribution in [0.25, 0.3) is 0 Å². The van der Waals surface area contributed by atoms with E-state index in [-0.39, 0.29) is 16.1 Å². The van der Waals surface area contributed by atoms with Gasteiger partial charge in [0.05, 0.1) is 17.2 Å². The number of anilines is 1. The van der Waals surface area contributed by atoms with E-state index in [1.165, 1.54) is 36.4 Å². The van der Waals surface area contributed by atoms with Crippen molar-refractivity contribution in [1.29, 1.82) is 0 Å². The third-order valence-electron chi connectivity index (χ3n) is 3.92. The van der Waals surface area contributed by atoms with E-state index in [1.54, 1.807) is 42.5 Å². The second-order valence-corrected chi connectivity index (χ2v) is 8.05. The Labute approximate surface area is 169 Å². The van der Waals surface area contributed by atoms with E-state index >= 15 is 0 Å². The van der Waals surface area contributed by atoms with Gasteiger partial charge in [-0.2, -0.15) is 4.31 Å². The highest BCUT2D eigenvalue weighted by atomic mass is 35.5. The second kappa shape index (κ2) is 8.46. The maximum absolute atomic E-state index is 13.3. The van der Waals surface area contributed by atoms with Crippen LogP contribution in [0.3, 0.4) is 0 Å². The van der Waals surface area contributed by atoms with Crippen molar-refractivity contribution in [3.63, 3.8) is 0 Å². The van der Waals surface area contributed by atoms with Crippen molar-refractivity contribution in [3.05, 3.63) is 89.4 Å².